The fourth-order valence-electron chi connectivity index (χ4n) is 3.66. The van der Waals surface area contributed by atoms with Crippen LogP contribution in [0.3, 0.4) is 0 Å². The summed E-state index contributed by atoms with van der Waals surface area (Å²) in [6.07, 6.45) is 2.37. The summed E-state index contributed by atoms with van der Waals surface area (Å²) >= 11 is 0. The Morgan fingerprint density at radius 2 is 1.65 bits per heavy atom. The van der Waals surface area contributed by atoms with Crippen LogP contribution in [0.2, 0.25) is 0 Å². The first-order chi connectivity index (χ1) is 15.1. The van der Waals surface area contributed by atoms with Crippen LogP contribution in [0.4, 0.5) is 0 Å². The van der Waals surface area contributed by atoms with Gasteiger partial charge in [-0.3, -0.25) is 9.58 Å². The lowest BCUT2D eigenvalue weighted by Crippen LogP contribution is -2.38. The van der Waals surface area contributed by atoms with E-state index in [-0.39, 0.29) is 4.90 Å². The minimum absolute atomic E-state index is 0.209. The summed E-state index contributed by atoms with van der Waals surface area (Å²) in [4.78, 5) is 2.51. The number of benzene rings is 2. The van der Waals surface area contributed by atoms with Gasteiger partial charge in [-0.25, -0.2) is 13.1 Å². The molecule has 0 aliphatic carbocycles. The molecule has 1 aliphatic rings. The molecular weight excluding hydrogens is 412 g/mol. The fourth-order valence-corrected chi connectivity index (χ4v) is 4.90. The molecule has 7 nitrogen and oxygen atoms in total. The largest absolute Gasteiger partial charge is 0.379 e. The van der Waals surface area contributed by atoms with Gasteiger partial charge >= 0.3 is 0 Å². The molecule has 1 saturated heterocycles. The van der Waals surface area contributed by atoms with Crippen molar-refractivity contribution in [3.8, 4) is 11.3 Å². The van der Waals surface area contributed by atoms with Crippen LogP contribution in [-0.4, -0.2) is 62.5 Å². The van der Waals surface area contributed by atoms with Crippen molar-refractivity contribution in [1.82, 2.24) is 19.4 Å². The van der Waals surface area contributed by atoms with Crippen molar-refractivity contribution in [3.63, 3.8) is 0 Å². The van der Waals surface area contributed by atoms with E-state index in [9.17, 15) is 8.42 Å². The minimum atomic E-state index is -3.69. The molecule has 1 aliphatic heterocycles. The predicted octanol–water partition coefficient (Wildman–Crippen LogP) is 2.60. The third-order valence-electron chi connectivity index (χ3n) is 5.30. The molecule has 0 radical (unpaired) electrons. The molecule has 4 rings (SSSR count). The number of aromatic nitrogens is 2. The van der Waals surface area contributed by atoms with Crippen LogP contribution in [0, 0.1) is 0 Å². The molecule has 2 heterocycles. The average Bonchev–Trinajstić information content (AvgIpc) is 3.24. The van der Waals surface area contributed by atoms with E-state index in [1.807, 2.05) is 60.7 Å². The first-order valence-electron chi connectivity index (χ1n) is 10.6. The Morgan fingerprint density at radius 3 is 2.35 bits per heavy atom. The van der Waals surface area contributed by atoms with E-state index in [4.69, 9.17) is 4.74 Å². The summed E-state index contributed by atoms with van der Waals surface area (Å²) in [6, 6.07) is 19.3. The molecule has 0 spiro atoms. The second kappa shape index (κ2) is 10.2. The third kappa shape index (κ3) is 5.80. The summed E-state index contributed by atoms with van der Waals surface area (Å²) in [5.41, 5.74) is 2.31. The number of rotatable bonds is 9. The van der Waals surface area contributed by atoms with Crippen molar-refractivity contribution in [2.45, 2.75) is 17.9 Å². The molecule has 31 heavy (non-hydrogen) atoms. The molecule has 0 atom stereocenters. The minimum Gasteiger partial charge on any atom is -0.379 e. The van der Waals surface area contributed by atoms with Gasteiger partial charge in [0.15, 0.2) is 0 Å². The van der Waals surface area contributed by atoms with Gasteiger partial charge in [0.2, 0.25) is 10.0 Å². The lowest BCUT2D eigenvalue weighted by molar-refractivity contribution is 0.0376. The Hall–Kier alpha value is -2.52. The summed E-state index contributed by atoms with van der Waals surface area (Å²) in [6.45, 7) is 5.03. The monoisotopic (exact) mass is 440 g/mol. The van der Waals surface area contributed by atoms with E-state index in [2.05, 4.69) is 14.7 Å². The van der Waals surface area contributed by atoms with Crippen molar-refractivity contribution >= 4 is 10.0 Å². The zero-order valence-electron chi connectivity index (χ0n) is 17.5. The van der Waals surface area contributed by atoms with Crippen LogP contribution in [0.25, 0.3) is 11.3 Å². The molecule has 3 aromatic rings. The first-order valence-corrected chi connectivity index (χ1v) is 12.1. The van der Waals surface area contributed by atoms with E-state index in [1.54, 1.807) is 10.9 Å². The van der Waals surface area contributed by atoms with Crippen LogP contribution in [0.1, 0.15) is 12.0 Å². The van der Waals surface area contributed by atoms with E-state index >= 15 is 0 Å². The van der Waals surface area contributed by atoms with Gasteiger partial charge in [-0.05, 0) is 18.5 Å². The average molecular weight is 441 g/mol. The summed E-state index contributed by atoms with van der Waals surface area (Å²) in [7, 11) is -3.69. The summed E-state index contributed by atoms with van der Waals surface area (Å²) in [5.74, 6) is 0. The smallest absolute Gasteiger partial charge is 0.244 e. The Kier molecular flexibility index (Phi) is 7.14. The predicted molar refractivity (Wildman–Crippen MR) is 120 cm³/mol. The van der Waals surface area contributed by atoms with E-state index in [0.717, 1.165) is 50.4 Å². The maximum Gasteiger partial charge on any atom is 0.244 e. The number of morpholine rings is 1. The number of ether oxygens (including phenoxy) is 1. The maximum atomic E-state index is 13.1. The molecule has 0 amide bonds. The summed E-state index contributed by atoms with van der Waals surface area (Å²) in [5, 5.41) is 4.62. The van der Waals surface area contributed by atoms with Gasteiger partial charge in [-0.15, -0.1) is 0 Å². The SMILES string of the molecule is O=S(=O)(NCCCN1CCOCC1)c1cn(Cc2ccccc2)nc1-c1ccccc1. The van der Waals surface area contributed by atoms with Crippen LogP contribution in [0.15, 0.2) is 71.8 Å². The van der Waals surface area contributed by atoms with E-state index in [1.165, 1.54) is 0 Å². The Bertz CT molecular complexity index is 1060. The Balaban J connectivity index is 1.50. The summed E-state index contributed by atoms with van der Waals surface area (Å²) < 4.78 is 36.1. The molecule has 0 saturated carbocycles. The lowest BCUT2D eigenvalue weighted by atomic mass is 10.2. The van der Waals surface area contributed by atoms with Crippen molar-refractivity contribution < 1.29 is 13.2 Å². The first kappa shape index (κ1) is 21.7. The van der Waals surface area contributed by atoms with E-state index in [0.29, 0.717) is 18.8 Å². The highest BCUT2D eigenvalue weighted by Gasteiger charge is 2.23. The molecule has 0 unspecified atom stereocenters. The van der Waals surface area contributed by atoms with Gasteiger partial charge in [0.1, 0.15) is 10.6 Å². The zero-order valence-corrected chi connectivity index (χ0v) is 18.3. The van der Waals surface area contributed by atoms with Crippen molar-refractivity contribution in [2.24, 2.45) is 0 Å². The Morgan fingerprint density at radius 1 is 0.968 bits per heavy atom. The lowest BCUT2D eigenvalue weighted by Gasteiger charge is -2.26. The second-order valence-electron chi connectivity index (χ2n) is 7.60. The molecule has 1 fully saturated rings. The van der Waals surface area contributed by atoms with Crippen molar-refractivity contribution in [2.75, 3.05) is 39.4 Å². The topological polar surface area (TPSA) is 76.5 Å². The third-order valence-corrected chi connectivity index (χ3v) is 6.76. The maximum absolute atomic E-state index is 13.1. The molecular formula is C23H28N4O3S. The van der Waals surface area contributed by atoms with Crippen molar-refractivity contribution in [3.05, 3.63) is 72.4 Å². The standard InChI is InChI=1S/C23H28N4O3S/c28-31(29,24-12-7-13-26-14-16-30-17-15-26)22-19-27(18-20-8-3-1-4-9-20)25-23(22)21-10-5-2-6-11-21/h1-6,8-11,19,24H,7,12-18H2. The van der Waals surface area contributed by atoms with Crippen LogP contribution >= 0.6 is 0 Å². The molecule has 1 aromatic heterocycles. The van der Waals surface area contributed by atoms with Gasteiger partial charge < -0.3 is 4.74 Å². The number of sulfonamides is 1. The quantitative estimate of drug-likeness (QED) is 0.518. The highest BCUT2D eigenvalue weighted by atomic mass is 32.2. The van der Waals surface area contributed by atoms with Crippen LogP contribution < -0.4 is 4.72 Å². The van der Waals surface area contributed by atoms with Gasteiger partial charge in [-0.1, -0.05) is 60.7 Å². The van der Waals surface area contributed by atoms with Gasteiger partial charge in [0.05, 0.1) is 19.8 Å². The molecule has 2 aromatic carbocycles. The van der Waals surface area contributed by atoms with E-state index < -0.39 is 10.0 Å². The normalized spacial score (nSPS) is 15.2. The second-order valence-corrected chi connectivity index (χ2v) is 9.33. The fraction of sp³-hybridized carbons (Fsp3) is 0.348. The number of nitrogens with one attached hydrogen (secondary N) is 1. The number of nitrogens with zero attached hydrogens (tertiary/aromatic N) is 3. The van der Waals surface area contributed by atoms with Crippen molar-refractivity contribution in [1.29, 1.82) is 0 Å². The van der Waals surface area contributed by atoms with Gasteiger partial charge in [0, 0.05) is 31.4 Å². The zero-order chi connectivity index (χ0) is 21.5. The molecule has 8 heteroatoms. The highest BCUT2D eigenvalue weighted by Crippen LogP contribution is 2.26. The molecule has 164 valence electrons. The van der Waals surface area contributed by atoms with Crippen LogP contribution in [-0.2, 0) is 21.3 Å². The Labute approximate surface area is 183 Å². The molecule has 0 bridgehead atoms. The number of hydrogen-bond donors (Lipinski definition) is 1. The van der Waals surface area contributed by atoms with Crippen LogP contribution in [0.5, 0.6) is 0 Å². The number of hydrogen-bond acceptors (Lipinski definition) is 5. The molecule has 1 N–H and O–H groups in total. The van der Waals surface area contributed by atoms with Gasteiger partial charge in [-0.2, -0.15) is 5.10 Å². The van der Waals surface area contributed by atoms with Gasteiger partial charge in [0.25, 0.3) is 0 Å². The highest BCUT2D eigenvalue weighted by molar-refractivity contribution is 7.89.